The molecule has 2 amide bonds. The van der Waals surface area contributed by atoms with Crippen LogP contribution in [0.3, 0.4) is 0 Å². The molecule has 26 heavy (non-hydrogen) atoms. The zero-order chi connectivity index (χ0) is 18.9. The number of urea groups is 1. The summed E-state index contributed by atoms with van der Waals surface area (Å²) in [7, 11) is 0. The molecule has 3 rings (SSSR count). The fraction of sp³-hybridized carbons (Fsp3) is 0.438. The van der Waals surface area contributed by atoms with Crippen molar-refractivity contribution in [1.29, 1.82) is 0 Å². The van der Waals surface area contributed by atoms with Crippen molar-refractivity contribution in [3.8, 4) is 5.75 Å². The number of nitrogens with one attached hydrogen (secondary N) is 1. The minimum atomic E-state index is -4.76. The molecular formula is C16H17F3N4O3. The fourth-order valence-corrected chi connectivity index (χ4v) is 3.03. The van der Waals surface area contributed by atoms with Crippen molar-refractivity contribution in [2.45, 2.75) is 44.0 Å². The molecule has 1 aromatic heterocycles. The standard InChI is InChI=1S/C16H17F3N4O3/c1-9(21-14(20)24)12-22-13(26-23-12)15(6-3-7-15)10-4-2-5-11(8-10)25-16(17,18)19/h2,4-5,8-9H,3,6-7H2,1H3,(H3,20,21,24). The number of hydrogen-bond donors (Lipinski definition) is 2. The Hall–Kier alpha value is -2.78. The number of rotatable bonds is 5. The van der Waals surface area contributed by atoms with Crippen LogP contribution in [0.2, 0.25) is 0 Å². The van der Waals surface area contributed by atoms with E-state index in [1.54, 1.807) is 13.0 Å². The zero-order valence-corrected chi connectivity index (χ0v) is 13.8. The number of hydrogen-bond acceptors (Lipinski definition) is 5. The van der Waals surface area contributed by atoms with E-state index in [2.05, 4.69) is 20.2 Å². The Balaban J connectivity index is 1.89. The van der Waals surface area contributed by atoms with Crippen LogP contribution in [0, 0.1) is 0 Å². The lowest BCUT2D eigenvalue weighted by atomic mass is 9.64. The van der Waals surface area contributed by atoms with Crippen LogP contribution in [0.1, 0.15) is 49.5 Å². The molecule has 1 saturated carbocycles. The summed E-state index contributed by atoms with van der Waals surface area (Å²) in [5.41, 5.74) is 5.02. The SMILES string of the molecule is CC(NC(N)=O)c1noc(C2(c3cccc(OC(F)(F)F)c3)CCC2)n1. The number of benzene rings is 1. The van der Waals surface area contributed by atoms with Crippen LogP contribution in [0.15, 0.2) is 28.8 Å². The van der Waals surface area contributed by atoms with E-state index in [1.165, 1.54) is 18.2 Å². The lowest BCUT2D eigenvalue weighted by Gasteiger charge is -2.39. The smallest absolute Gasteiger partial charge is 0.406 e. The van der Waals surface area contributed by atoms with Gasteiger partial charge >= 0.3 is 12.4 Å². The van der Waals surface area contributed by atoms with Gasteiger partial charge in [0, 0.05) is 0 Å². The van der Waals surface area contributed by atoms with Crippen molar-refractivity contribution < 1.29 is 27.2 Å². The summed E-state index contributed by atoms with van der Waals surface area (Å²) in [5.74, 6) is 0.235. The molecule has 140 valence electrons. The van der Waals surface area contributed by atoms with E-state index in [0.717, 1.165) is 6.42 Å². The molecule has 0 spiro atoms. The molecule has 0 aliphatic heterocycles. The molecule has 1 atom stereocenters. The minimum Gasteiger partial charge on any atom is -0.406 e. The number of primary amides is 1. The van der Waals surface area contributed by atoms with Gasteiger partial charge in [0.05, 0.1) is 11.5 Å². The first-order valence-electron chi connectivity index (χ1n) is 7.96. The van der Waals surface area contributed by atoms with E-state index in [0.29, 0.717) is 24.3 Å². The molecule has 10 heteroatoms. The summed E-state index contributed by atoms with van der Waals surface area (Å²) < 4.78 is 46.8. The summed E-state index contributed by atoms with van der Waals surface area (Å²) in [6, 6.07) is 4.49. The molecule has 1 aliphatic rings. The highest BCUT2D eigenvalue weighted by molar-refractivity contribution is 5.71. The Morgan fingerprint density at radius 3 is 2.73 bits per heavy atom. The number of carbonyl (C=O) groups is 1. The Morgan fingerprint density at radius 1 is 1.42 bits per heavy atom. The predicted molar refractivity (Wildman–Crippen MR) is 83.2 cm³/mol. The van der Waals surface area contributed by atoms with Gasteiger partial charge in [-0.1, -0.05) is 23.7 Å². The van der Waals surface area contributed by atoms with Crippen LogP contribution in [0.5, 0.6) is 5.75 Å². The van der Waals surface area contributed by atoms with Crippen molar-refractivity contribution in [2.75, 3.05) is 0 Å². The van der Waals surface area contributed by atoms with Crippen LogP contribution >= 0.6 is 0 Å². The molecule has 1 heterocycles. The molecule has 1 unspecified atom stereocenters. The summed E-state index contributed by atoms with van der Waals surface area (Å²) in [6.45, 7) is 1.64. The summed E-state index contributed by atoms with van der Waals surface area (Å²) >= 11 is 0. The maximum atomic E-state index is 12.5. The average molecular weight is 370 g/mol. The predicted octanol–water partition coefficient (Wildman–Crippen LogP) is 3.17. The topological polar surface area (TPSA) is 103 Å². The lowest BCUT2D eigenvalue weighted by molar-refractivity contribution is -0.274. The van der Waals surface area contributed by atoms with Gasteiger partial charge in [0.15, 0.2) is 5.82 Å². The molecule has 1 aromatic carbocycles. The van der Waals surface area contributed by atoms with E-state index in [-0.39, 0.29) is 11.6 Å². The Bertz CT molecular complexity index is 802. The van der Waals surface area contributed by atoms with Gasteiger partial charge in [-0.05, 0) is 37.5 Å². The first-order chi connectivity index (χ1) is 12.2. The molecule has 1 fully saturated rings. The Kier molecular flexibility index (Phi) is 4.51. The summed E-state index contributed by atoms with van der Waals surface area (Å²) in [4.78, 5) is 15.3. The van der Waals surface area contributed by atoms with Crippen molar-refractivity contribution in [3.05, 3.63) is 41.5 Å². The van der Waals surface area contributed by atoms with Gasteiger partial charge in [-0.25, -0.2) is 4.79 Å². The maximum Gasteiger partial charge on any atom is 0.573 e. The summed E-state index contributed by atoms with van der Waals surface area (Å²) in [6.07, 6.45) is -2.58. The van der Waals surface area contributed by atoms with Gasteiger partial charge in [-0.3, -0.25) is 0 Å². The number of alkyl halides is 3. The molecule has 1 aliphatic carbocycles. The van der Waals surface area contributed by atoms with Crippen molar-refractivity contribution in [1.82, 2.24) is 15.5 Å². The number of carbonyl (C=O) groups excluding carboxylic acids is 1. The number of halogens is 3. The molecule has 2 aromatic rings. The van der Waals surface area contributed by atoms with Crippen molar-refractivity contribution in [3.63, 3.8) is 0 Å². The lowest BCUT2D eigenvalue weighted by Crippen LogP contribution is -2.36. The van der Waals surface area contributed by atoms with Gasteiger partial charge in [-0.15, -0.1) is 13.2 Å². The molecule has 3 N–H and O–H groups in total. The molecule has 0 bridgehead atoms. The van der Waals surface area contributed by atoms with Gasteiger partial charge in [0.25, 0.3) is 0 Å². The molecule has 0 saturated heterocycles. The third-order valence-electron chi connectivity index (χ3n) is 4.42. The van der Waals surface area contributed by atoms with Gasteiger partial charge in [0.2, 0.25) is 5.89 Å². The summed E-state index contributed by atoms with van der Waals surface area (Å²) in [5, 5.41) is 6.30. The number of ether oxygens (including phenoxy) is 1. The van der Waals surface area contributed by atoms with Crippen LogP contribution in [-0.2, 0) is 5.41 Å². The maximum absolute atomic E-state index is 12.5. The Labute approximate surface area is 146 Å². The molecule has 7 nitrogen and oxygen atoms in total. The highest BCUT2D eigenvalue weighted by Crippen LogP contribution is 2.49. The van der Waals surface area contributed by atoms with Crippen LogP contribution in [0.4, 0.5) is 18.0 Å². The van der Waals surface area contributed by atoms with E-state index < -0.39 is 23.9 Å². The first kappa shape index (κ1) is 18.0. The number of aromatic nitrogens is 2. The van der Waals surface area contributed by atoms with E-state index in [4.69, 9.17) is 10.3 Å². The average Bonchev–Trinajstić information content (AvgIpc) is 2.94. The van der Waals surface area contributed by atoms with E-state index in [9.17, 15) is 18.0 Å². The minimum absolute atomic E-state index is 0.243. The zero-order valence-electron chi connectivity index (χ0n) is 13.8. The fourth-order valence-electron chi connectivity index (χ4n) is 3.03. The Morgan fingerprint density at radius 2 is 2.15 bits per heavy atom. The number of nitrogens with two attached hydrogens (primary N) is 1. The molecule has 0 radical (unpaired) electrons. The second-order valence-electron chi connectivity index (χ2n) is 6.20. The second-order valence-corrected chi connectivity index (χ2v) is 6.20. The highest BCUT2D eigenvalue weighted by Gasteiger charge is 2.46. The first-order valence-corrected chi connectivity index (χ1v) is 7.96. The van der Waals surface area contributed by atoms with Gasteiger partial charge < -0.3 is 20.3 Å². The van der Waals surface area contributed by atoms with Crippen molar-refractivity contribution >= 4 is 6.03 Å². The normalized spacial score (nSPS) is 17.2. The van der Waals surface area contributed by atoms with Crippen LogP contribution < -0.4 is 15.8 Å². The van der Waals surface area contributed by atoms with Gasteiger partial charge in [-0.2, -0.15) is 4.98 Å². The molecular weight excluding hydrogens is 353 g/mol. The third-order valence-corrected chi connectivity index (χ3v) is 4.42. The highest BCUT2D eigenvalue weighted by atomic mass is 19.4. The third kappa shape index (κ3) is 3.58. The van der Waals surface area contributed by atoms with E-state index in [1.807, 2.05) is 0 Å². The van der Waals surface area contributed by atoms with E-state index >= 15 is 0 Å². The number of nitrogens with zero attached hydrogens (tertiary/aromatic N) is 2. The quantitative estimate of drug-likeness (QED) is 0.841. The van der Waals surface area contributed by atoms with Gasteiger partial charge in [0.1, 0.15) is 5.75 Å². The number of amides is 2. The van der Waals surface area contributed by atoms with Crippen LogP contribution in [-0.4, -0.2) is 22.5 Å². The second kappa shape index (κ2) is 6.50. The largest absolute Gasteiger partial charge is 0.573 e. The monoisotopic (exact) mass is 370 g/mol. The van der Waals surface area contributed by atoms with Crippen LogP contribution in [0.25, 0.3) is 0 Å². The van der Waals surface area contributed by atoms with Crippen molar-refractivity contribution in [2.24, 2.45) is 5.73 Å².